The molecule has 0 aliphatic rings. The molecule has 0 heterocycles. The Kier molecular flexibility index (Phi) is 4.03. The van der Waals surface area contributed by atoms with Crippen molar-refractivity contribution in [3.8, 4) is 11.5 Å². The van der Waals surface area contributed by atoms with Crippen molar-refractivity contribution >= 4 is 5.91 Å². The van der Waals surface area contributed by atoms with Gasteiger partial charge < -0.3 is 15.2 Å². The zero-order valence-corrected chi connectivity index (χ0v) is 10.6. The van der Waals surface area contributed by atoms with Gasteiger partial charge in [0.25, 0.3) is 5.91 Å². The summed E-state index contributed by atoms with van der Waals surface area (Å²) in [6.07, 6.45) is 0. The molecule has 0 fully saturated rings. The SMILES string of the molecule is CNC(=O)c1cccc(OCc2ccccc2)c1O. The fourth-order valence-electron chi connectivity index (χ4n) is 1.69. The van der Waals surface area contributed by atoms with Gasteiger partial charge in [0.1, 0.15) is 6.61 Å². The van der Waals surface area contributed by atoms with Crippen LogP contribution in [0.4, 0.5) is 0 Å². The van der Waals surface area contributed by atoms with E-state index in [1.165, 1.54) is 7.05 Å². The van der Waals surface area contributed by atoms with Crippen LogP contribution in [0.25, 0.3) is 0 Å². The monoisotopic (exact) mass is 257 g/mol. The molecule has 2 aromatic rings. The third-order valence-electron chi connectivity index (χ3n) is 2.71. The van der Waals surface area contributed by atoms with E-state index in [0.29, 0.717) is 12.4 Å². The summed E-state index contributed by atoms with van der Waals surface area (Å²) >= 11 is 0. The fraction of sp³-hybridized carbons (Fsp3) is 0.133. The molecule has 0 radical (unpaired) electrons. The van der Waals surface area contributed by atoms with E-state index in [4.69, 9.17) is 4.74 Å². The smallest absolute Gasteiger partial charge is 0.254 e. The van der Waals surface area contributed by atoms with Gasteiger partial charge in [0, 0.05) is 7.05 Å². The molecule has 0 unspecified atom stereocenters. The molecular weight excluding hydrogens is 242 g/mol. The Bertz CT molecular complexity index is 567. The number of hydrogen-bond donors (Lipinski definition) is 2. The van der Waals surface area contributed by atoms with E-state index >= 15 is 0 Å². The van der Waals surface area contributed by atoms with Gasteiger partial charge in [-0.15, -0.1) is 0 Å². The second-order valence-electron chi connectivity index (χ2n) is 4.01. The molecule has 2 N–H and O–H groups in total. The van der Waals surface area contributed by atoms with Gasteiger partial charge in [-0.05, 0) is 17.7 Å². The molecule has 0 aliphatic carbocycles. The molecule has 0 aliphatic heterocycles. The summed E-state index contributed by atoms with van der Waals surface area (Å²) in [5.41, 5.74) is 1.19. The summed E-state index contributed by atoms with van der Waals surface area (Å²) in [7, 11) is 1.51. The number of hydrogen-bond acceptors (Lipinski definition) is 3. The zero-order chi connectivity index (χ0) is 13.7. The highest BCUT2D eigenvalue weighted by atomic mass is 16.5. The molecule has 0 saturated carbocycles. The highest BCUT2D eigenvalue weighted by Crippen LogP contribution is 2.30. The van der Waals surface area contributed by atoms with Crippen molar-refractivity contribution in [1.82, 2.24) is 5.32 Å². The maximum Gasteiger partial charge on any atom is 0.254 e. The third kappa shape index (κ3) is 3.04. The van der Waals surface area contributed by atoms with Crippen LogP contribution in [-0.4, -0.2) is 18.1 Å². The maximum absolute atomic E-state index is 11.5. The van der Waals surface area contributed by atoms with Crippen molar-refractivity contribution in [3.05, 3.63) is 59.7 Å². The van der Waals surface area contributed by atoms with E-state index in [9.17, 15) is 9.90 Å². The van der Waals surface area contributed by atoms with Gasteiger partial charge in [0.15, 0.2) is 11.5 Å². The van der Waals surface area contributed by atoms with Crippen LogP contribution in [0.3, 0.4) is 0 Å². The summed E-state index contributed by atoms with van der Waals surface area (Å²) in [5, 5.41) is 12.5. The molecule has 0 atom stereocenters. The largest absolute Gasteiger partial charge is 0.504 e. The lowest BCUT2D eigenvalue weighted by molar-refractivity contribution is 0.0959. The quantitative estimate of drug-likeness (QED) is 0.883. The number of benzene rings is 2. The number of phenolic OH excluding ortho intramolecular Hbond substituents is 1. The van der Waals surface area contributed by atoms with Crippen molar-refractivity contribution in [2.24, 2.45) is 0 Å². The number of ether oxygens (including phenoxy) is 1. The van der Waals surface area contributed by atoms with Crippen LogP contribution in [0.2, 0.25) is 0 Å². The number of nitrogens with one attached hydrogen (secondary N) is 1. The van der Waals surface area contributed by atoms with E-state index in [2.05, 4.69) is 5.32 Å². The van der Waals surface area contributed by atoms with Crippen LogP contribution in [0.5, 0.6) is 11.5 Å². The Morgan fingerprint density at radius 1 is 1.16 bits per heavy atom. The van der Waals surface area contributed by atoms with Crippen molar-refractivity contribution in [2.45, 2.75) is 6.61 Å². The lowest BCUT2D eigenvalue weighted by Gasteiger charge is -2.10. The predicted octanol–water partition coefficient (Wildman–Crippen LogP) is 2.33. The average Bonchev–Trinajstić information content (AvgIpc) is 2.46. The number of aromatic hydroxyl groups is 1. The van der Waals surface area contributed by atoms with Crippen LogP contribution in [-0.2, 0) is 6.61 Å². The van der Waals surface area contributed by atoms with Gasteiger partial charge in [-0.2, -0.15) is 0 Å². The second kappa shape index (κ2) is 5.91. The van der Waals surface area contributed by atoms with Crippen LogP contribution in [0.15, 0.2) is 48.5 Å². The first-order chi connectivity index (χ1) is 9.22. The third-order valence-corrected chi connectivity index (χ3v) is 2.71. The van der Waals surface area contributed by atoms with Gasteiger partial charge in [-0.3, -0.25) is 4.79 Å². The van der Waals surface area contributed by atoms with Crippen molar-refractivity contribution in [2.75, 3.05) is 7.05 Å². The summed E-state index contributed by atoms with van der Waals surface area (Å²) < 4.78 is 5.53. The van der Waals surface area contributed by atoms with Crippen molar-refractivity contribution < 1.29 is 14.6 Å². The number of rotatable bonds is 4. The molecule has 4 nitrogen and oxygen atoms in total. The van der Waals surface area contributed by atoms with Crippen molar-refractivity contribution in [3.63, 3.8) is 0 Å². The number of para-hydroxylation sites is 1. The van der Waals surface area contributed by atoms with Crippen LogP contribution in [0, 0.1) is 0 Å². The lowest BCUT2D eigenvalue weighted by atomic mass is 10.1. The zero-order valence-electron chi connectivity index (χ0n) is 10.6. The molecule has 2 aromatic carbocycles. The lowest BCUT2D eigenvalue weighted by Crippen LogP contribution is -2.17. The van der Waals surface area contributed by atoms with E-state index < -0.39 is 0 Å². The highest BCUT2D eigenvalue weighted by molar-refractivity contribution is 5.97. The molecule has 0 bridgehead atoms. The Morgan fingerprint density at radius 2 is 1.89 bits per heavy atom. The van der Waals surface area contributed by atoms with Crippen LogP contribution in [0.1, 0.15) is 15.9 Å². The fourth-order valence-corrected chi connectivity index (χ4v) is 1.69. The van der Waals surface area contributed by atoms with E-state index in [-0.39, 0.29) is 17.2 Å². The van der Waals surface area contributed by atoms with Crippen LogP contribution >= 0.6 is 0 Å². The molecule has 1 amide bonds. The molecule has 19 heavy (non-hydrogen) atoms. The Labute approximate surface area is 111 Å². The van der Waals surface area contributed by atoms with E-state index in [1.54, 1.807) is 18.2 Å². The molecule has 0 saturated heterocycles. The molecule has 2 rings (SSSR count). The molecule has 0 spiro atoms. The topological polar surface area (TPSA) is 58.6 Å². The standard InChI is InChI=1S/C15H15NO3/c1-16-15(18)12-8-5-9-13(14(12)17)19-10-11-6-3-2-4-7-11/h2-9,17H,10H2,1H3,(H,16,18). The summed E-state index contributed by atoms with van der Waals surface area (Å²) in [6.45, 7) is 0.339. The summed E-state index contributed by atoms with van der Waals surface area (Å²) in [6, 6.07) is 14.5. The Hall–Kier alpha value is -2.49. The minimum Gasteiger partial charge on any atom is -0.504 e. The molecular formula is C15H15NO3. The number of carbonyl (C=O) groups excluding carboxylic acids is 1. The predicted molar refractivity (Wildman–Crippen MR) is 72.3 cm³/mol. The maximum atomic E-state index is 11.5. The van der Waals surface area contributed by atoms with E-state index in [1.807, 2.05) is 30.3 Å². The number of phenols is 1. The normalized spacial score (nSPS) is 9.95. The summed E-state index contributed by atoms with van der Waals surface area (Å²) in [4.78, 5) is 11.5. The summed E-state index contributed by atoms with van der Waals surface area (Å²) in [5.74, 6) is -0.189. The van der Waals surface area contributed by atoms with Gasteiger partial charge in [0.2, 0.25) is 0 Å². The first-order valence-electron chi connectivity index (χ1n) is 5.93. The van der Waals surface area contributed by atoms with Crippen molar-refractivity contribution in [1.29, 1.82) is 0 Å². The first-order valence-corrected chi connectivity index (χ1v) is 5.93. The second-order valence-corrected chi connectivity index (χ2v) is 4.01. The molecule has 98 valence electrons. The minimum atomic E-state index is -0.345. The van der Waals surface area contributed by atoms with Gasteiger partial charge in [0.05, 0.1) is 5.56 Å². The van der Waals surface area contributed by atoms with Gasteiger partial charge in [-0.25, -0.2) is 0 Å². The Balaban J connectivity index is 2.15. The highest BCUT2D eigenvalue weighted by Gasteiger charge is 2.13. The molecule has 4 heteroatoms. The number of carbonyl (C=O) groups is 1. The van der Waals surface area contributed by atoms with Gasteiger partial charge in [-0.1, -0.05) is 36.4 Å². The van der Waals surface area contributed by atoms with Crippen LogP contribution < -0.4 is 10.1 Å². The average molecular weight is 257 g/mol. The Morgan fingerprint density at radius 3 is 2.58 bits per heavy atom. The van der Waals surface area contributed by atoms with E-state index in [0.717, 1.165) is 5.56 Å². The first kappa shape index (κ1) is 13.0. The molecule has 0 aromatic heterocycles. The minimum absolute atomic E-state index is 0.141. The van der Waals surface area contributed by atoms with Gasteiger partial charge >= 0.3 is 0 Å². The number of amides is 1.